The molecule has 2 heterocycles. The molecule has 4 aromatic rings. The quantitative estimate of drug-likeness (QED) is 0.545. The fourth-order valence-electron chi connectivity index (χ4n) is 2.68. The largest absolute Gasteiger partial charge is 0.489 e. The Kier molecular flexibility index (Phi) is 5.24. The number of benzene rings is 2. The van der Waals surface area contributed by atoms with Crippen molar-refractivity contribution in [1.29, 1.82) is 0 Å². The van der Waals surface area contributed by atoms with Crippen molar-refractivity contribution in [2.24, 2.45) is 0 Å². The summed E-state index contributed by atoms with van der Waals surface area (Å²) in [6.45, 7) is 0.249. The van der Waals surface area contributed by atoms with E-state index in [2.05, 4.69) is 20.4 Å². The molecule has 1 amide bonds. The van der Waals surface area contributed by atoms with Crippen molar-refractivity contribution in [1.82, 2.24) is 19.7 Å². The SMILES string of the molecule is O=C(Nc1cccc(COc2cccc(F)c2)c1)c1ccnc(-n2cncn2)c1. The van der Waals surface area contributed by atoms with Gasteiger partial charge in [0, 0.05) is 23.5 Å². The second kappa shape index (κ2) is 8.30. The lowest BCUT2D eigenvalue weighted by Gasteiger charge is -2.10. The predicted molar refractivity (Wildman–Crippen MR) is 104 cm³/mol. The maximum Gasteiger partial charge on any atom is 0.255 e. The maximum atomic E-state index is 13.2. The van der Waals surface area contributed by atoms with Gasteiger partial charge in [-0.05, 0) is 42.0 Å². The summed E-state index contributed by atoms with van der Waals surface area (Å²) in [6.07, 6.45) is 4.44. The van der Waals surface area contributed by atoms with Crippen LogP contribution in [-0.2, 0) is 6.61 Å². The summed E-state index contributed by atoms with van der Waals surface area (Å²) < 4.78 is 20.3. The molecule has 29 heavy (non-hydrogen) atoms. The summed E-state index contributed by atoms with van der Waals surface area (Å²) in [7, 11) is 0. The first-order chi connectivity index (χ1) is 14.2. The highest BCUT2D eigenvalue weighted by Gasteiger charge is 2.09. The smallest absolute Gasteiger partial charge is 0.255 e. The summed E-state index contributed by atoms with van der Waals surface area (Å²) in [4.78, 5) is 20.7. The van der Waals surface area contributed by atoms with Gasteiger partial charge in [0.25, 0.3) is 5.91 Å². The third-order valence-corrected chi connectivity index (χ3v) is 4.05. The monoisotopic (exact) mass is 389 g/mol. The van der Waals surface area contributed by atoms with Crippen molar-refractivity contribution in [3.05, 3.63) is 96.5 Å². The number of aromatic nitrogens is 4. The minimum atomic E-state index is -0.355. The van der Waals surface area contributed by atoms with Crippen LogP contribution in [0.25, 0.3) is 5.82 Å². The zero-order valence-corrected chi connectivity index (χ0v) is 15.2. The number of anilines is 1. The van der Waals surface area contributed by atoms with E-state index >= 15 is 0 Å². The summed E-state index contributed by atoms with van der Waals surface area (Å²) in [5, 5.41) is 6.86. The number of hydrogen-bond donors (Lipinski definition) is 1. The molecule has 0 spiro atoms. The number of pyridine rings is 1. The molecule has 0 radical (unpaired) electrons. The summed E-state index contributed by atoms with van der Waals surface area (Å²) >= 11 is 0. The predicted octanol–water partition coefficient (Wildman–Crippen LogP) is 3.63. The van der Waals surface area contributed by atoms with Crippen LogP contribution in [0.3, 0.4) is 0 Å². The molecule has 0 aliphatic carbocycles. The van der Waals surface area contributed by atoms with E-state index in [4.69, 9.17) is 4.74 Å². The van der Waals surface area contributed by atoms with Gasteiger partial charge in [0.05, 0.1) is 0 Å². The highest BCUT2D eigenvalue weighted by molar-refractivity contribution is 6.04. The molecule has 7 nitrogen and oxygen atoms in total. The molecule has 0 fully saturated rings. The van der Waals surface area contributed by atoms with Crippen LogP contribution in [0.15, 0.2) is 79.5 Å². The molecule has 0 saturated heterocycles. The van der Waals surface area contributed by atoms with E-state index in [9.17, 15) is 9.18 Å². The molecule has 144 valence electrons. The van der Waals surface area contributed by atoms with Crippen molar-refractivity contribution in [2.45, 2.75) is 6.61 Å². The Morgan fingerprint density at radius 2 is 2.00 bits per heavy atom. The Labute approximate surface area is 165 Å². The third kappa shape index (κ3) is 4.62. The van der Waals surface area contributed by atoms with Crippen molar-refractivity contribution in [3.8, 4) is 11.6 Å². The summed E-state index contributed by atoms with van der Waals surface area (Å²) in [5.41, 5.74) is 1.89. The topological polar surface area (TPSA) is 81.9 Å². The van der Waals surface area contributed by atoms with Crippen molar-refractivity contribution in [3.63, 3.8) is 0 Å². The number of nitrogens with zero attached hydrogens (tertiary/aromatic N) is 4. The highest BCUT2D eigenvalue weighted by atomic mass is 19.1. The van der Waals surface area contributed by atoms with E-state index in [-0.39, 0.29) is 18.3 Å². The lowest BCUT2D eigenvalue weighted by molar-refractivity contribution is 0.102. The Morgan fingerprint density at radius 1 is 1.10 bits per heavy atom. The van der Waals surface area contributed by atoms with Gasteiger partial charge in [0.15, 0.2) is 5.82 Å². The zero-order chi connectivity index (χ0) is 20.1. The average Bonchev–Trinajstić information content (AvgIpc) is 3.28. The molecule has 0 unspecified atom stereocenters. The van der Waals surface area contributed by atoms with Crippen LogP contribution in [0.4, 0.5) is 10.1 Å². The van der Waals surface area contributed by atoms with Crippen LogP contribution >= 0.6 is 0 Å². The molecule has 0 saturated carbocycles. The lowest BCUT2D eigenvalue weighted by Crippen LogP contribution is -2.13. The summed E-state index contributed by atoms with van der Waals surface area (Å²) in [5.74, 6) is 0.298. The molecular formula is C21H16FN5O2. The number of halogens is 1. The van der Waals surface area contributed by atoms with Gasteiger partial charge >= 0.3 is 0 Å². The maximum absolute atomic E-state index is 13.2. The number of hydrogen-bond acceptors (Lipinski definition) is 5. The number of rotatable bonds is 6. The van der Waals surface area contributed by atoms with Gasteiger partial charge in [-0.1, -0.05) is 18.2 Å². The Bertz CT molecular complexity index is 1130. The first kappa shape index (κ1) is 18.3. The van der Waals surface area contributed by atoms with Gasteiger partial charge in [0.2, 0.25) is 0 Å². The molecule has 0 bridgehead atoms. The van der Waals surface area contributed by atoms with Gasteiger partial charge in [-0.15, -0.1) is 0 Å². The number of nitrogens with one attached hydrogen (secondary N) is 1. The molecule has 0 aliphatic heterocycles. The van der Waals surface area contributed by atoms with Crippen molar-refractivity contribution in [2.75, 3.05) is 5.32 Å². The molecule has 2 aromatic heterocycles. The number of ether oxygens (including phenoxy) is 1. The van der Waals surface area contributed by atoms with Gasteiger partial charge in [-0.25, -0.2) is 19.0 Å². The van der Waals surface area contributed by atoms with E-state index < -0.39 is 0 Å². The molecule has 4 rings (SSSR count). The van der Waals surface area contributed by atoms with Crippen LogP contribution in [0, 0.1) is 5.82 Å². The van der Waals surface area contributed by atoms with Crippen LogP contribution in [0.2, 0.25) is 0 Å². The lowest BCUT2D eigenvalue weighted by atomic mass is 10.2. The van der Waals surface area contributed by atoms with Crippen LogP contribution < -0.4 is 10.1 Å². The molecule has 8 heteroatoms. The molecule has 2 aromatic carbocycles. The first-order valence-electron chi connectivity index (χ1n) is 8.77. The second-order valence-electron chi connectivity index (χ2n) is 6.14. The summed E-state index contributed by atoms with van der Waals surface area (Å²) in [6, 6.07) is 16.5. The molecule has 0 atom stereocenters. The Morgan fingerprint density at radius 3 is 2.83 bits per heavy atom. The van der Waals surface area contributed by atoms with E-state index in [1.54, 1.807) is 36.4 Å². The second-order valence-corrected chi connectivity index (χ2v) is 6.14. The Hall–Kier alpha value is -4.07. The average molecular weight is 389 g/mol. The van der Waals surface area contributed by atoms with Crippen molar-refractivity contribution >= 4 is 11.6 Å². The third-order valence-electron chi connectivity index (χ3n) is 4.05. The minimum Gasteiger partial charge on any atom is -0.489 e. The van der Waals surface area contributed by atoms with Gasteiger partial charge in [-0.3, -0.25) is 4.79 Å². The number of amides is 1. The fourth-order valence-corrected chi connectivity index (χ4v) is 2.68. The van der Waals surface area contributed by atoms with Gasteiger partial charge in [0.1, 0.15) is 30.8 Å². The molecular weight excluding hydrogens is 373 g/mol. The van der Waals surface area contributed by atoms with Gasteiger partial charge in [-0.2, -0.15) is 5.10 Å². The van der Waals surface area contributed by atoms with Crippen LogP contribution in [-0.4, -0.2) is 25.7 Å². The van der Waals surface area contributed by atoms with Crippen molar-refractivity contribution < 1.29 is 13.9 Å². The minimum absolute atomic E-state index is 0.249. The Balaban J connectivity index is 1.44. The molecule has 1 N–H and O–H groups in total. The van der Waals surface area contributed by atoms with Crippen LogP contribution in [0.1, 0.15) is 15.9 Å². The van der Waals surface area contributed by atoms with E-state index in [1.165, 1.54) is 35.7 Å². The van der Waals surface area contributed by atoms with E-state index in [0.717, 1.165) is 5.56 Å². The zero-order valence-electron chi connectivity index (χ0n) is 15.2. The van der Waals surface area contributed by atoms with Crippen LogP contribution in [0.5, 0.6) is 5.75 Å². The number of carbonyl (C=O) groups excluding carboxylic acids is 1. The molecule has 0 aliphatic rings. The number of carbonyl (C=O) groups is 1. The van der Waals surface area contributed by atoms with E-state index in [1.807, 2.05) is 12.1 Å². The first-order valence-corrected chi connectivity index (χ1v) is 8.77. The van der Waals surface area contributed by atoms with Gasteiger partial charge < -0.3 is 10.1 Å². The highest BCUT2D eigenvalue weighted by Crippen LogP contribution is 2.17. The normalized spacial score (nSPS) is 10.5. The van der Waals surface area contributed by atoms with E-state index in [0.29, 0.717) is 22.8 Å². The standard InChI is InChI=1S/C21H16FN5O2/c22-17-4-2-6-19(11-17)29-12-15-3-1-5-18(9-15)26-21(28)16-7-8-24-20(10-16)27-14-23-13-25-27/h1-11,13-14H,12H2,(H,26,28). The fraction of sp³-hybridized carbons (Fsp3) is 0.0476.